The average molecular weight is 304 g/mol. The number of hydrogen-bond donors (Lipinski definition) is 1. The Hall–Kier alpha value is -2.63. The van der Waals surface area contributed by atoms with Crippen molar-refractivity contribution in [2.45, 2.75) is 19.9 Å². The van der Waals surface area contributed by atoms with Gasteiger partial charge in [-0.15, -0.1) is 0 Å². The lowest BCUT2D eigenvalue weighted by molar-refractivity contribution is -0.143. The van der Waals surface area contributed by atoms with Crippen LogP contribution in [-0.4, -0.2) is 23.6 Å². The first-order chi connectivity index (χ1) is 10.6. The van der Waals surface area contributed by atoms with E-state index in [1.54, 1.807) is 38.1 Å². The zero-order valence-corrected chi connectivity index (χ0v) is 12.4. The van der Waals surface area contributed by atoms with Gasteiger partial charge in [-0.2, -0.15) is 0 Å². The smallest absolute Gasteiger partial charge is 0.328 e. The van der Waals surface area contributed by atoms with Crippen molar-refractivity contribution in [1.29, 1.82) is 0 Å². The minimum atomic E-state index is -0.527. The summed E-state index contributed by atoms with van der Waals surface area (Å²) in [4.78, 5) is 15.3. The molecule has 0 aliphatic carbocycles. The number of hydrogen-bond acceptors (Lipinski definition) is 5. The van der Waals surface area contributed by atoms with Gasteiger partial charge in [-0.05, 0) is 50.2 Å². The van der Waals surface area contributed by atoms with Crippen LogP contribution in [0.25, 0.3) is 0 Å². The highest BCUT2D eigenvalue weighted by Crippen LogP contribution is 2.23. The molecule has 0 fully saturated rings. The van der Waals surface area contributed by atoms with E-state index in [4.69, 9.17) is 9.47 Å². The highest BCUT2D eigenvalue weighted by Gasteiger charge is 2.13. The molecule has 6 heteroatoms. The van der Waals surface area contributed by atoms with E-state index < -0.39 is 11.9 Å². The molecule has 1 N–H and O–H groups in total. The Balaban J connectivity index is 1.99. The predicted molar refractivity (Wildman–Crippen MR) is 80.4 cm³/mol. The topological polar surface area (TPSA) is 60.5 Å². The van der Waals surface area contributed by atoms with E-state index in [0.717, 1.165) is 5.69 Å². The normalized spacial score (nSPS) is 11.6. The molecule has 1 aromatic carbocycles. The minimum Gasteiger partial charge on any atom is -0.464 e. The molecule has 1 unspecified atom stereocenters. The van der Waals surface area contributed by atoms with E-state index in [1.807, 2.05) is 0 Å². The van der Waals surface area contributed by atoms with Crippen LogP contribution in [0.5, 0.6) is 11.6 Å². The Labute approximate surface area is 128 Å². The third-order valence-corrected chi connectivity index (χ3v) is 2.82. The second-order valence-corrected chi connectivity index (χ2v) is 4.53. The van der Waals surface area contributed by atoms with E-state index in [1.165, 1.54) is 18.3 Å². The molecule has 0 bridgehead atoms. The minimum absolute atomic E-state index is 0.0805. The summed E-state index contributed by atoms with van der Waals surface area (Å²) >= 11 is 0. The monoisotopic (exact) mass is 304 g/mol. The maximum atomic E-state index is 13.4. The van der Waals surface area contributed by atoms with Gasteiger partial charge in [0.1, 0.15) is 11.8 Å². The Morgan fingerprint density at radius 2 is 2.05 bits per heavy atom. The fraction of sp³-hybridized carbons (Fsp3) is 0.250. The van der Waals surface area contributed by atoms with E-state index in [9.17, 15) is 9.18 Å². The van der Waals surface area contributed by atoms with Crippen LogP contribution >= 0.6 is 0 Å². The second kappa shape index (κ2) is 7.40. The van der Waals surface area contributed by atoms with Gasteiger partial charge in [-0.3, -0.25) is 0 Å². The van der Waals surface area contributed by atoms with E-state index in [-0.39, 0.29) is 11.8 Å². The summed E-state index contributed by atoms with van der Waals surface area (Å²) in [7, 11) is 0. The number of ether oxygens (including phenoxy) is 2. The van der Waals surface area contributed by atoms with E-state index >= 15 is 0 Å². The van der Waals surface area contributed by atoms with E-state index in [2.05, 4.69) is 10.3 Å². The Kier molecular flexibility index (Phi) is 5.30. The number of nitrogens with one attached hydrogen (secondary N) is 1. The first kappa shape index (κ1) is 15.8. The molecule has 22 heavy (non-hydrogen) atoms. The lowest BCUT2D eigenvalue weighted by Gasteiger charge is -2.14. The molecule has 0 amide bonds. The van der Waals surface area contributed by atoms with Crippen molar-refractivity contribution < 1.29 is 18.7 Å². The van der Waals surface area contributed by atoms with Crippen molar-refractivity contribution in [1.82, 2.24) is 4.98 Å². The Bertz CT molecular complexity index is 632. The second-order valence-electron chi connectivity index (χ2n) is 4.53. The van der Waals surface area contributed by atoms with Crippen LogP contribution in [0, 0.1) is 5.82 Å². The molecule has 0 saturated carbocycles. The van der Waals surface area contributed by atoms with Gasteiger partial charge in [0.05, 0.1) is 6.61 Å². The lowest BCUT2D eigenvalue weighted by atomic mass is 10.2. The molecule has 0 aliphatic rings. The molecule has 1 aromatic heterocycles. The summed E-state index contributed by atoms with van der Waals surface area (Å²) in [5.74, 6) is -0.478. The van der Waals surface area contributed by atoms with Crippen LogP contribution in [0.3, 0.4) is 0 Å². The van der Waals surface area contributed by atoms with Crippen molar-refractivity contribution in [3.63, 3.8) is 0 Å². The molecule has 5 nitrogen and oxygen atoms in total. The summed E-state index contributed by atoms with van der Waals surface area (Å²) in [5.41, 5.74) is 0.731. The van der Waals surface area contributed by atoms with Crippen LogP contribution in [0.15, 0.2) is 42.6 Å². The summed E-state index contributed by atoms with van der Waals surface area (Å²) in [6.45, 7) is 3.81. The molecular weight excluding hydrogens is 287 g/mol. The number of aromatic nitrogens is 1. The summed E-state index contributed by atoms with van der Waals surface area (Å²) in [6, 6.07) is 9.09. The maximum Gasteiger partial charge on any atom is 0.328 e. The lowest BCUT2D eigenvalue weighted by Crippen LogP contribution is -2.28. The number of rotatable bonds is 6. The SMILES string of the molecule is CCOC(=O)C(C)Nc1ccc(Oc2ncccc2F)cc1. The van der Waals surface area contributed by atoms with Gasteiger partial charge in [0.25, 0.3) is 5.88 Å². The Morgan fingerprint density at radius 1 is 1.32 bits per heavy atom. The number of pyridine rings is 1. The first-order valence-electron chi connectivity index (χ1n) is 6.91. The fourth-order valence-electron chi connectivity index (χ4n) is 1.75. The number of nitrogens with zero attached hydrogens (tertiary/aromatic N) is 1. The van der Waals surface area contributed by atoms with Crippen molar-refractivity contribution in [2.24, 2.45) is 0 Å². The van der Waals surface area contributed by atoms with Gasteiger partial charge in [0.2, 0.25) is 0 Å². The van der Waals surface area contributed by atoms with Crippen LogP contribution in [0.2, 0.25) is 0 Å². The highest BCUT2D eigenvalue weighted by atomic mass is 19.1. The maximum absolute atomic E-state index is 13.4. The van der Waals surface area contributed by atoms with Crippen LogP contribution in [0.4, 0.5) is 10.1 Å². The molecule has 1 heterocycles. The fourth-order valence-corrected chi connectivity index (χ4v) is 1.75. The number of halogens is 1. The molecule has 2 aromatic rings. The van der Waals surface area contributed by atoms with E-state index in [0.29, 0.717) is 12.4 Å². The van der Waals surface area contributed by atoms with Gasteiger partial charge in [0.15, 0.2) is 5.82 Å². The number of esters is 1. The van der Waals surface area contributed by atoms with Crippen molar-refractivity contribution in [2.75, 3.05) is 11.9 Å². The third kappa shape index (κ3) is 4.18. The largest absolute Gasteiger partial charge is 0.464 e. The molecule has 0 radical (unpaired) electrons. The number of anilines is 1. The van der Waals surface area contributed by atoms with Crippen LogP contribution in [0.1, 0.15) is 13.8 Å². The molecular formula is C16H17FN2O3. The zero-order valence-electron chi connectivity index (χ0n) is 12.4. The molecule has 0 saturated heterocycles. The van der Waals surface area contributed by atoms with Crippen LogP contribution < -0.4 is 10.1 Å². The van der Waals surface area contributed by atoms with Crippen molar-refractivity contribution in [3.8, 4) is 11.6 Å². The standard InChI is InChI=1S/C16H17FN2O3/c1-3-21-16(20)11(2)19-12-6-8-13(9-7-12)22-15-14(17)5-4-10-18-15/h4-11,19H,3H2,1-2H3. The van der Waals surface area contributed by atoms with Gasteiger partial charge in [-0.25, -0.2) is 14.2 Å². The average Bonchev–Trinajstić information content (AvgIpc) is 2.51. The molecule has 0 aliphatic heterocycles. The molecule has 2 rings (SSSR count). The number of carbonyl (C=O) groups is 1. The first-order valence-corrected chi connectivity index (χ1v) is 6.91. The Morgan fingerprint density at radius 3 is 2.68 bits per heavy atom. The zero-order chi connectivity index (χ0) is 15.9. The summed E-state index contributed by atoms with van der Waals surface area (Å²) < 4.78 is 23.7. The van der Waals surface area contributed by atoms with Gasteiger partial charge >= 0.3 is 5.97 Å². The molecule has 0 spiro atoms. The highest BCUT2D eigenvalue weighted by molar-refractivity contribution is 5.78. The third-order valence-electron chi connectivity index (χ3n) is 2.82. The molecule has 116 valence electrons. The van der Waals surface area contributed by atoms with Gasteiger partial charge < -0.3 is 14.8 Å². The van der Waals surface area contributed by atoms with Crippen molar-refractivity contribution >= 4 is 11.7 Å². The van der Waals surface area contributed by atoms with Gasteiger partial charge in [0, 0.05) is 11.9 Å². The quantitative estimate of drug-likeness (QED) is 0.829. The van der Waals surface area contributed by atoms with Gasteiger partial charge in [-0.1, -0.05) is 0 Å². The van der Waals surface area contributed by atoms with Crippen molar-refractivity contribution in [3.05, 3.63) is 48.4 Å². The summed E-state index contributed by atoms with van der Waals surface area (Å²) in [6.07, 6.45) is 1.45. The number of benzene rings is 1. The summed E-state index contributed by atoms with van der Waals surface area (Å²) in [5, 5.41) is 3.01. The molecule has 1 atom stereocenters. The number of carbonyl (C=O) groups excluding carboxylic acids is 1. The van der Waals surface area contributed by atoms with Crippen LogP contribution in [-0.2, 0) is 9.53 Å². The predicted octanol–water partition coefficient (Wildman–Crippen LogP) is 3.38.